The third-order valence-corrected chi connectivity index (χ3v) is 3.02. The summed E-state index contributed by atoms with van der Waals surface area (Å²) < 4.78 is 0. The predicted octanol–water partition coefficient (Wildman–Crippen LogP) is 2.15. The van der Waals surface area contributed by atoms with E-state index in [0.717, 1.165) is 12.8 Å². The van der Waals surface area contributed by atoms with Crippen molar-refractivity contribution in [3.8, 4) is 0 Å². The van der Waals surface area contributed by atoms with Crippen molar-refractivity contribution in [1.82, 2.24) is 0 Å². The minimum Gasteiger partial charge on any atom is -0.393 e. The lowest BCUT2D eigenvalue weighted by Gasteiger charge is -2.30. The van der Waals surface area contributed by atoms with Gasteiger partial charge in [-0.25, -0.2) is 0 Å². The van der Waals surface area contributed by atoms with Gasteiger partial charge >= 0.3 is 0 Å². The Labute approximate surface area is 80.3 Å². The van der Waals surface area contributed by atoms with Crippen LogP contribution in [0.2, 0.25) is 0 Å². The van der Waals surface area contributed by atoms with Crippen LogP contribution < -0.4 is 0 Å². The van der Waals surface area contributed by atoms with E-state index < -0.39 is 6.10 Å². The summed E-state index contributed by atoms with van der Waals surface area (Å²) in [6, 6.07) is 0. The number of aliphatic hydroxyl groups excluding tert-OH is 1. The Kier molecular flexibility index (Phi) is 3.12. The van der Waals surface area contributed by atoms with E-state index in [2.05, 4.69) is 20.8 Å². The average Bonchev–Trinajstić information content (AvgIpc) is 2.09. The van der Waals surface area contributed by atoms with Crippen molar-refractivity contribution in [2.45, 2.75) is 52.6 Å². The predicted molar refractivity (Wildman–Crippen MR) is 52.4 cm³/mol. The van der Waals surface area contributed by atoms with Crippen LogP contribution in [0.1, 0.15) is 46.5 Å². The molecular formula is C11H20O2. The standard InChI is InChI=1S/C11H20O2/c1-11(2,3)8-4-5-9(12)7-10(13)6-8/h8,10,13H,4-7H2,1-3H3. The minimum absolute atomic E-state index is 0.214. The van der Waals surface area contributed by atoms with Crippen LogP contribution in [0.3, 0.4) is 0 Å². The third-order valence-electron chi connectivity index (χ3n) is 3.02. The molecule has 76 valence electrons. The van der Waals surface area contributed by atoms with Gasteiger partial charge in [-0.15, -0.1) is 0 Å². The summed E-state index contributed by atoms with van der Waals surface area (Å²) in [5, 5.41) is 9.57. The molecule has 0 radical (unpaired) electrons. The summed E-state index contributed by atoms with van der Waals surface area (Å²) in [6.07, 6.45) is 2.35. The molecule has 1 aliphatic carbocycles. The number of carbonyl (C=O) groups is 1. The first kappa shape index (κ1) is 10.7. The van der Waals surface area contributed by atoms with E-state index in [1.54, 1.807) is 0 Å². The second kappa shape index (κ2) is 3.79. The molecule has 2 atom stereocenters. The second-order valence-electron chi connectivity index (χ2n) is 5.23. The van der Waals surface area contributed by atoms with E-state index in [-0.39, 0.29) is 11.2 Å². The zero-order valence-corrected chi connectivity index (χ0v) is 8.84. The van der Waals surface area contributed by atoms with Gasteiger partial charge in [0.25, 0.3) is 0 Å². The highest BCUT2D eigenvalue weighted by Gasteiger charge is 2.30. The van der Waals surface area contributed by atoms with E-state index in [1.165, 1.54) is 0 Å². The number of ketones is 1. The molecule has 1 rings (SSSR count). The fourth-order valence-electron chi connectivity index (χ4n) is 2.02. The van der Waals surface area contributed by atoms with Crippen LogP contribution in [-0.4, -0.2) is 17.0 Å². The van der Waals surface area contributed by atoms with Crippen LogP contribution in [0.5, 0.6) is 0 Å². The molecule has 0 aromatic heterocycles. The molecule has 0 aromatic rings. The normalized spacial score (nSPS) is 31.5. The monoisotopic (exact) mass is 184 g/mol. The van der Waals surface area contributed by atoms with Crippen molar-refractivity contribution in [2.75, 3.05) is 0 Å². The summed E-state index contributed by atoms with van der Waals surface area (Å²) in [5.41, 5.74) is 0.214. The van der Waals surface area contributed by atoms with Crippen LogP contribution >= 0.6 is 0 Å². The quantitative estimate of drug-likeness (QED) is 0.586. The van der Waals surface area contributed by atoms with Crippen molar-refractivity contribution in [3.63, 3.8) is 0 Å². The fraction of sp³-hybridized carbons (Fsp3) is 0.909. The molecule has 0 saturated heterocycles. The molecule has 0 heterocycles. The van der Waals surface area contributed by atoms with E-state index in [0.29, 0.717) is 18.8 Å². The van der Waals surface area contributed by atoms with Crippen LogP contribution in [0.4, 0.5) is 0 Å². The smallest absolute Gasteiger partial charge is 0.135 e. The Morgan fingerprint density at radius 3 is 2.54 bits per heavy atom. The molecule has 1 fully saturated rings. The Hall–Kier alpha value is -0.370. The van der Waals surface area contributed by atoms with Crippen LogP contribution in [0.15, 0.2) is 0 Å². The van der Waals surface area contributed by atoms with E-state index in [9.17, 15) is 9.90 Å². The molecular weight excluding hydrogens is 164 g/mol. The van der Waals surface area contributed by atoms with E-state index in [4.69, 9.17) is 0 Å². The second-order valence-corrected chi connectivity index (χ2v) is 5.23. The van der Waals surface area contributed by atoms with Crippen LogP contribution in [0, 0.1) is 11.3 Å². The van der Waals surface area contributed by atoms with Gasteiger partial charge in [0.1, 0.15) is 5.78 Å². The molecule has 2 unspecified atom stereocenters. The molecule has 1 saturated carbocycles. The van der Waals surface area contributed by atoms with Crippen molar-refractivity contribution in [3.05, 3.63) is 0 Å². The van der Waals surface area contributed by atoms with Gasteiger partial charge in [-0.3, -0.25) is 4.79 Å². The topological polar surface area (TPSA) is 37.3 Å². The van der Waals surface area contributed by atoms with Gasteiger partial charge in [0.2, 0.25) is 0 Å². The molecule has 13 heavy (non-hydrogen) atoms. The largest absolute Gasteiger partial charge is 0.393 e. The number of hydrogen-bond acceptors (Lipinski definition) is 2. The third kappa shape index (κ3) is 3.11. The molecule has 0 aromatic carbocycles. The van der Waals surface area contributed by atoms with Crippen molar-refractivity contribution >= 4 is 5.78 Å². The zero-order chi connectivity index (χ0) is 10.1. The van der Waals surface area contributed by atoms with Gasteiger partial charge < -0.3 is 5.11 Å². The average molecular weight is 184 g/mol. The number of aliphatic hydroxyl groups is 1. The first-order chi connectivity index (χ1) is 5.89. The van der Waals surface area contributed by atoms with E-state index >= 15 is 0 Å². The lowest BCUT2D eigenvalue weighted by molar-refractivity contribution is -0.120. The van der Waals surface area contributed by atoms with Gasteiger partial charge in [-0.05, 0) is 24.2 Å². The molecule has 2 nitrogen and oxygen atoms in total. The Bertz CT molecular complexity index is 191. The SMILES string of the molecule is CC(C)(C)C1CCC(=O)CC(O)C1. The molecule has 2 heteroatoms. The number of Topliss-reactive ketones (excluding diaryl/α,β-unsaturated/α-hetero) is 1. The molecule has 0 amide bonds. The lowest BCUT2D eigenvalue weighted by atomic mass is 9.76. The van der Waals surface area contributed by atoms with Crippen molar-refractivity contribution < 1.29 is 9.90 Å². The molecule has 1 aliphatic rings. The first-order valence-corrected chi connectivity index (χ1v) is 5.09. The number of carbonyl (C=O) groups excluding carboxylic acids is 1. The summed E-state index contributed by atoms with van der Waals surface area (Å²) in [6.45, 7) is 6.54. The van der Waals surface area contributed by atoms with Gasteiger partial charge in [0.05, 0.1) is 6.10 Å². The van der Waals surface area contributed by atoms with Crippen molar-refractivity contribution in [2.24, 2.45) is 11.3 Å². The highest BCUT2D eigenvalue weighted by molar-refractivity contribution is 5.79. The maximum absolute atomic E-state index is 11.2. The highest BCUT2D eigenvalue weighted by atomic mass is 16.3. The van der Waals surface area contributed by atoms with E-state index in [1.807, 2.05) is 0 Å². The van der Waals surface area contributed by atoms with Gasteiger partial charge in [0, 0.05) is 12.8 Å². The lowest BCUT2D eigenvalue weighted by Crippen LogP contribution is -2.23. The summed E-state index contributed by atoms with van der Waals surface area (Å²) >= 11 is 0. The highest BCUT2D eigenvalue weighted by Crippen LogP contribution is 2.35. The number of hydrogen-bond donors (Lipinski definition) is 1. The molecule has 0 aliphatic heterocycles. The fourth-order valence-corrected chi connectivity index (χ4v) is 2.02. The first-order valence-electron chi connectivity index (χ1n) is 5.09. The maximum atomic E-state index is 11.2. The van der Waals surface area contributed by atoms with Crippen LogP contribution in [-0.2, 0) is 4.79 Å². The Balaban J connectivity index is 2.63. The minimum atomic E-state index is -0.403. The molecule has 0 bridgehead atoms. The zero-order valence-electron chi connectivity index (χ0n) is 8.84. The Morgan fingerprint density at radius 1 is 1.38 bits per heavy atom. The number of rotatable bonds is 0. The molecule has 0 spiro atoms. The Morgan fingerprint density at radius 2 is 2.00 bits per heavy atom. The van der Waals surface area contributed by atoms with Crippen molar-refractivity contribution in [1.29, 1.82) is 0 Å². The van der Waals surface area contributed by atoms with Gasteiger partial charge in [-0.2, -0.15) is 0 Å². The van der Waals surface area contributed by atoms with Crippen LogP contribution in [0.25, 0.3) is 0 Å². The summed E-state index contributed by atoms with van der Waals surface area (Å²) in [7, 11) is 0. The van der Waals surface area contributed by atoms with Gasteiger partial charge in [0.15, 0.2) is 0 Å². The van der Waals surface area contributed by atoms with Gasteiger partial charge in [-0.1, -0.05) is 20.8 Å². The molecule has 1 N–H and O–H groups in total. The summed E-state index contributed by atoms with van der Waals surface area (Å²) in [5.74, 6) is 0.702. The summed E-state index contributed by atoms with van der Waals surface area (Å²) in [4.78, 5) is 11.2. The maximum Gasteiger partial charge on any atom is 0.135 e.